The molecular weight excluding hydrogens is 393 g/mol. The summed E-state index contributed by atoms with van der Waals surface area (Å²) in [5.74, 6) is 0.416. The average molecular weight is 413 g/mol. The van der Waals surface area contributed by atoms with E-state index in [0.29, 0.717) is 24.7 Å². The third-order valence-electron chi connectivity index (χ3n) is 4.14. The minimum atomic E-state index is -5.55. The molecule has 0 heterocycles. The number of halogens is 4. The van der Waals surface area contributed by atoms with Crippen molar-refractivity contribution in [2.45, 2.75) is 44.5 Å². The summed E-state index contributed by atoms with van der Waals surface area (Å²) in [5, 5.41) is 4.25. The van der Waals surface area contributed by atoms with Crippen LogP contribution in [0.5, 0.6) is 0 Å². The summed E-state index contributed by atoms with van der Waals surface area (Å²) in [7, 11) is -5.55. The number of benzene rings is 1. The largest absolute Gasteiger partial charge is 0.516 e. The smallest absolute Gasteiger partial charge is 0.395 e. The first-order valence-electron chi connectivity index (χ1n) is 8.22. The number of hydrogen-bond donors (Lipinski definition) is 1. The van der Waals surface area contributed by atoms with Gasteiger partial charge in [0, 0.05) is 10.6 Å². The van der Waals surface area contributed by atoms with E-state index < -0.39 is 15.5 Å². The molecular formula is C16H20ClF3N2O3S. The number of oxime groups is 1. The summed E-state index contributed by atoms with van der Waals surface area (Å²) in [6.07, 6.45) is 4.74. The van der Waals surface area contributed by atoms with Gasteiger partial charge in [-0.05, 0) is 43.4 Å². The van der Waals surface area contributed by atoms with E-state index >= 15 is 0 Å². The van der Waals surface area contributed by atoms with Gasteiger partial charge in [0.05, 0.1) is 11.4 Å². The molecule has 0 saturated heterocycles. The maximum Gasteiger partial charge on any atom is 0.516 e. The van der Waals surface area contributed by atoms with E-state index in [9.17, 15) is 21.6 Å². The van der Waals surface area contributed by atoms with Crippen LogP contribution in [0.4, 0.5) is 18.9 Å². The van der Waals surface area contributed by atoms with E-state index in [1.807, 2.05) is 0 Å². The number of hydrogen-bond acceptors (Lipinski definition) is 4. The first-order valence-corrected chi connectivity index (χ1v) is 10.1. The zero-order chi connectivity index (χ0) is 19.4. The predicted molar refractivity (Wildman–Crippen MR) is 94.8 cm³/mol. The lowest BCUT2D eigenvalue weighted by Crippen LogP contribution is -2.30. The Kier molecular flexibility index (Phi) is 6.79. The molecule has 26 heavy (non-hydrogen) atoms. The standard InChI is InChI=1S/C16H20ClF3N2O3S/c1-2-14(21-25-10-11-5-3-4-6-11)13-9-12(17)7-8-15(13)22-26(23,24)16(18,19)20/h7-9,11,22H,2-6,10H2,1H3. The van der Waals surface area contributed by atoms with Crippen LogP contribution in [0.2, 0.25) is 5.02 Å². The highest BCUT2D eigenvalue weighted by Crippen LogP contribution is 2.29. The molecule has 0 unspecified atom stereocenters. The highest BCUT2D eigenvalue weighted by molar-refractivity contribution is 7.93. The third-order valence-corrected chi connectivity index (χ3v) is 5.47. The van der Waals surface area contributed by atoms with Gasteiger partial charge in [0.15, 0.2) is 0 Å². The lowest BCUT2D eigenvalue weighted by atomic mass is 10.1. The Morgan fingerprint density at radius 3 is 2.58 bits per heavy atom. The average Bonchev–Trinajstić information content (AvgIpc) is 3.05. The van der Waals surface area contributed by atoms with E-state index in [1.54, 1.807) is 11.6 Å². The molecule has 1 saturated carbocycles. The fourth-order valence-corrected chi connectivity index (χ4v) is 3.50. The van der Waals surface area contributed by atoms with Gasteiger partial charge in [0.1, 0.15) is 6.61 Å². The van der Waals surface area contributed by atoms with Gasteiger partial charge in [-0.2, -0.15) is 21.6 Å². The molecule has 1 fully saturated rings. The molecule has 1 aromatic carbocycles. The molecule has 10 heteroatoms. The summed E-state index contributed by atoms with van der Waals surface area (Å²) in [6.45, 7) is 2.16. The highest BCUT2D eigenvalue weighted by Gasteiger charge is 2.46. The summed E-state index contributed by atoms with van der Waals surface area (Å²) < 4.78 is 62.4. The molecule has 0 spiro atoms. The topological polar surface area (TPSA) is 67.8 Å². The Labute approximate surface area is 155 Å². The fourth-order valence-electron chi connectivity index (χ4n) is 2.75. The molecule has 0 radical (unpaired) electrons. The lowest BCUT2D eigenvalue weighted by molar-refractivity contribution is -0.0429. The molecule has 0 atom stereocenters. The van der Waals surface area contributed by atoms with Crippen molar-refractivity contribution in [3.8, 4) is 0 Å². The molecule has 1 aromatic rings. The van der Waals surface area contributed by atoms with E-state index in [0.717, 1.165) is 25.7 Å². The quantitative estimate of drug-likeness (QED) is 0.510. The molecule has 1 aliphatic carbocycles. The predicted octanol–water partition coefficient (Wildman–Crippen LogP) is 4.92. The second-order valence-electron chi connectivity index (χ2n) is 6.08. The van der Waals surface area contributed by atoms with Crippen LogP contribution in [-0.4, -0.2) is 26.2 Å². The van der Waals surface area contributed by atoms with Gasteiger partial charge in [-0.1, -0.05) is 36.5 Å². The van der Waals surface area contributed by atoms with E-state index in [2.05, 4.69) is 5.16 Å². The lowest BCUT2D eigenvalue weighted by Gasteiger charge is -2.15. The fraction of sp³-hybridized carbons (Fsp3) is 0.562. The van der Waals surface area contributed by atoms with Crippen molar-refractivity contribution in [2.75, 3.05) is 11.3 Å². The van der Waals surface area contributed by atoms with E-state index in [1.165, 1.54) is 18.2 Å². The van der Waals surface area contributed by atoms with Crippen molar-refractivity contribution >= 4 is 33.0 Å². The molecule has 1 N–H and O–H groups in total. The zero-order valence-corrected chi connectivity index (χ0v) is 15.7. The maximum atomic E-state index is 12.7. The summed E-state index contributed by atoms with van der Waals surface area (Å²) >= 11 is 5.92. The maximum absolute atomic E-state index is 12.7. The monoisotopic (exact) mass is 412 g/mol. The molecule has 0 amide bonds. The van der Waals surface area contributed by atoms with Gasteiger partial charge < -0.3 is 4.84 Å². The molecule has 5 nitrogen and oxygen atoms in total. The van der Waals surface area contributed by atoms with Crippen LogP contribution in [-0.2, 0) is 14.9 Å². The number of anilines is 1. The zero-order valence-electron chi connectivity index (χ0n) is 14.1. The number of nitrogens with one attached hydrogen (secondary N) is 1. The van der Waals surface area contributed by atoms with Gasteiger partial charge >= 0.3 is 15.5 Å². The normalized spacial score (nSPS) is 16.7. The van der Waals surface area contributed by atoms with Crippen molar-refractivity contribution in [3.63, 3.8) is 0 Å². The minimum Gasteiger partial charge on any atom is -0.395 e. The van der Waals surface area contributed by atoms with Gasteiger partial charge in [0.25, 0.3) is 0 Å². The Bertz CT molecular complexity index is 760. The van der Waals surface area contributed by atoms with Gasteiger partial charge in [-0.25, -0.2) is 0 Å². The minimum absolute atomic E-state index is 0.152. The van der Waals surface area contributed by atoms with Crippen LogP contribution in [0.25, 0.3) is 0 Å². The Morgan fingerprint density at radius 2 is 2.00 bits per heavy atom. The summed E-state index contributed by atoms with van der Waals surface area (Å²) in [6, 6.07) is 3.83. The van der Waals surface area contributed by atoms with Crippen molar-refractivity contribution in [2.24, 2.45) is 11.1 Å². The van der Waals surface area contributed by atoms with Crippen LogP contribution in [0, 0.1) is 5.92 Å². The van der Waals surface area contributed by atoms with Crippen LogP contribution in [0.3, 0.4) is 0 Å². The van der Waals surface area contributed by atoms with Crippen molar-refractivity contribution in [1.29, 1.82) is 0 Å². The van der Waals surface area contributed by atoms with Gasteiger partial charge in [-0.15, -0.1) is 0 Å². The van der Waals surface area contributed by atoms with Crippen LogP contribution >= 0.6 is 11.6 Å². The number of rotatable bonds is 7. The summed E-state index contributed by atoms with van der Waals surface area (Å²) in [5.41, 5.74) is -5.21. The molecule has 2 rings (SSSR count). The highest BCUT2D eigenvalue weighted by atomic mass is 35.5. The Balaban J connectivity index is 2.26. The second-order valence-corrected chi connectivity index (χ2v) is 8.19. The van der Waals surface area contributed by atoms with Crippen LogP contribution in [0.15, 0.2) is 23.4 Å². The van der Waals surface area contributed by atoms with Crippen LogP contribution in [0.1, 0.15) is 44.6 Å². The Hall–Kier alpha value is -1.48. The van der Waals surface area contributed by atoms with E-state index in [-0.39, 0.29) is 16.3 Å². The first-order chi connectivity index (χ1) is 12.1. The first kappa shape index (κ1) is 20.8. The third kappa shape index (κ3) is 5.26. The van der Waals surface area contributed by atoms with Crippen molar-refractivity contribution in [3.05, 3.63) is 28.8 Å². The Morgan fingerprint density at radius 1 is 1.35 bits per heavy atom. The van der Waals surface area contributed by atoms with Gasteiger partial charge in [-0.3, -0.25) is 4.72 Å². The van der Waals surface area contributed by atoms with Crippen molar-refractivity contribution < 1.29 is 26.4 Å². The van der Waals surface area contributed by atoms with Crippen LogP contribution < -0.4 is 4.72 Å². The number of nitrogens with zero attached hydrogens (tertiary/aromatic N) is 1. The van der Waals surface area contributed by atoms with Crippen molar-refractivity contribution in [1.82, 2.24) is 0 Å². The molecule has 1 aliphatic rings. The second kappa shape index (κ2) is 8.47. The molecule has 0 aromatic heterocycles. The van der Waals surface area contributed by atoms with E-state index in [4.69, 9.17) is 16.4 Å². The molecule has 0 bridgehead atoms. The number of alkyl halides is 3. The number of sulfonamides is 1. The summed E-state index contributed by atoms with van der Waals surface area (Å²) in [4.78, 5) is 5.36. The molecule has 0 aliphatic heterocycles. The molecule has 146 valence electrons. The van der Waals surface area contributed by atoms with Gasteiger partial charge in [0.2, 0.25) is 0 Å². The SMILES string of the molecule is CCC(=NOCC1CCCC1)c1cc(Cl)ccc1NS(=O)(=O)C(F)(F)F.